The number of carbonyl (C=O) groups excluding carboxylic acids is 1. The van der Waals surface area contributed by atoms with Crippen molar-refractivity contribution in [2.45, 2.75) is 38.8 Å². The zero-order valence-corrected chi connectivity index (χ0v) is 10.2. The molecule has 2 unspecified atom stereocenters. The van der Waals surface area contributed by atoms with Crippen molar-refractivity contribution in [3.8, 4) is 6.07 Å². The first-order valence-corrected chi connectivity index (χ1v) is 5.55. The Morgan fingerprint density at radius 1 is 1.56 bits per heavy atom. The molecule has 0 saturated carbocycles. The van der Waals surface area contributed by atoms with Crippen LogP contribution in [0.1, 0.15) is 26.7 Å². The monoisotopic (exact) mass is 227 g/mol. The second-order valence-electron chi connectivity index (χ2n) is 3.64. The first kappa shape index (κ1) is 14.9. The summed E-state index contributed by atoms with van der Waals surface area (Å²) in [5.41, 5.74) is 0. The van der Waals surface area contributed by atoms with Crippen molar-refractivity contribution in [2.24, 2.45) is 0 Å². The Hall–Kier alpha value is -1.12. The minimum absolute atomic E-state index is 0.0616. The van der Waals surface area contributed by atoms with Crippen molar-refractivity contribution < 1.29 is 9.53 Å². The molecule has 0 fully saturated rings. The van der Waals surface area contributed by atoms with Gasteiger partial charge in [0.1, 0.15) is 0 Å². The third kappa shape index (κ3) is 6.38. The number of hydrogen-bond acceptors (Lipinski definition) is 4. The van der Waals surface area contributed by atoms with E-state index in [4.69, 9.17) is 10.00 Å². The van der Waals surface area contributed by atoms with Crippen molar-refractivity contribution >= 4 is 5.91 Å². The molecule has 0 aliphatic carbocycles. The second kappa shape index (κ2) is 9.13. The van der Waals surface area contributed by atoms with E-state index < -0.39 is 0 Å². The molecule has 5 heteroatoms. The lowest BCUT2D eigenvalue weighted by Gasteiger charge is -2.19. The number of carbonyl (C=O) groups is 1. The topological polar surface area (TPSA) is 74.2 Å². The standard InChI is InChI=1S/C11H21N3O2/c1-4-10(5-6-12)14-9(2)11(15)13-7-8-16-3/h9-10,14H,4-5,7-8H2,1-3H3,(H,13,15). The smallest absolute Gasteiger partial charge is 0.236 e. The lowest BCUT2D eigenvalue weighted by Crippen LogP contribution is -2.47. The van der Waals surface area contributed by atoms with E-state index in [0.717, 1.165) is 6.42 Å². The molecular weight excluding hydrogens is 206 g/mol. The van der Waals surface area contributed by atoms with Gasteiger partial charge in [0, 0.05) is 19.7 Å². The molecule has 1 amide bonds. The summed E-state index contributed by atoms with van der Waals surface area (Å²) in [4.78, 5) is 11.6. The first-order valence-electron chi connectivity index (χ1n) is 5.55. The number of nitrogens with one attached hydrogen (secondary N) is 2. The van der Waals surface area contributed by atoms with Crippen LogP contribution in [0, 0.1) is 11.3 Å². The summed E-state index contributed by atoms with van der Waals surface area (Å²) in [5, 5.41) is 14.4. The van der Waals surface area contributed by atoms with E-state index in [1.54, 1.807) is 14.0 Å². The van der Waals surface area contributed by atoms with Crippen LogP contribution >= 0.6 is 0 Å². The fourth-order valence-electron chi connectivity index (χ4n) is 1.29. The lowest BCUT2D eigenvalue weighted by molar-refractivity contribution is -0.123. The largest absolute Gasteiger partial charge is 0.383 e. The summed E-state index contributed by atoms with van der Waals surface area (Å²) < 4.78 is 4.83. The van der Waals surface area contributed by atoms with Gasteiger partial charge in [-0.05, 0) is 13.3 Å². The molecule has 2 N–H and O–H groups in total. The minimum Gasteiger partial charge on any atom is -0.383 e. The molecule has 0 saturated heterocycles. The zero-order chi connectivity index (χ0) is 12.4. The lowest BCUT2D eigenvalue weighted by atomic mass is 10.1. The molecule has 0 bridgehead atoms. The van der Waals surface area contributed by atoms with Gasteiger partial charge in [0.25, 0.3) is 0 Å². The van der Waals surface area contributed by atoms with Gasteiger partial charge in [-0.25, -0.2) is 0 Å². The van der Waals surface area contributed by atoms with E-state index in [1.807, 2.05) is 6.92 Å². The molecule has 0 heterocycles. The van der Waals surface area contributed by atoms with Gasteiger partial charge >= 0.3 is 0 Å². The SMILES string of the molecule is CCC(CC#N)NC(C)C(=O)NCCOC. The van der Waals surface area contributed by atoms with Crippen LogP contribution in [0.15, 0.2) is 0 Å². The van der Waals surface area contributed by atoms with Gasteiger partial charge in [0.15, 0.2) is 0 Å². The summed E-state index contributed by atoms with van der Waals surface area (Å²) >= 11 is 0. The van der Waals surface area contributed by atoms with E-state index in [1.165, 1.54) is 0 Å². The van der Waals surface area contributed by atoms with E-state index >= 15 is 0 Å². The molecule has 0 aliphatic rings. The average Bonchev–Trinajstić information content (AvgIpc) is 2.28. The molecule has 0 aliphatic heterocycles. The van der Waals surface area contributed by atoms with Gasteiger partial charge in [0.05, 0.1) is 25.1 Å². The predicted molar refractivity (Wildman–Crippen MR) is 61.8 cm³/mol. The van der Waals surface area contributed by atoms with Gasteiger partial charge in [-0.1, -0.05) is 6.92 Å². The highest BCUT2D eigenvalue weighted by Gasteiger charge is 2.15. The van der Waals surface area contributed by atoms with Crippen molar-refractivity contribution in [1.82, 2.24) is 10.6 Å². The number of ether oxygens (including phenoxy) is 1. The Bertz CT molecular complexity index is 238. The van der Waals surface area contributed by atoms with Crippen molar-refractivity contribution in [3.05, 3.63) is 0 Å². The number of rotatable bonds is 8. The zero-order valence-electron chi connectivity index (χ0n) is 10.2. The quantitative estimate of drug-likeness (QED) is 0.589. The van der Waals surface area contributed by atoms with Gasteiger partial charge in [-0.3, -0.25) is 4.79 Å². The number of methoxy groups -OCH3 is 1. The van der Waals surface area contributed by atoms with Crippen LogP contribution in [0.25, 0.3) is 0 Å². The molecule has 2 atom stereocenters. The van der Waals surface area contributed by atoms with Crippen molar-refractivity contribution in [2.75, 3.05) is 20.3 Å². The molecule has 0 aromatic carbocycles. The van der Waals surface area contributed by atoms with Crippen LogP contribution in [0.2, 0.25) is 0 Å². The summed E-state index contributed by atoms with van der Waals surface area (Å²) in [6.45, 7) is 4.80. The molecule has 5 nitrogen and oxygen atoms in total. The van der Waals surface area contributed by atoms with E-state index in [2.05, 4.69) is 16.7 Å². The predicted octanol–water partition coefficient (Wildman–Crippen LogP) is 0.419. The van der Waals surface area contributed by atoms with Crippen LogP contribution < -0.4 is 10.6 Å². The molecule has 0 aromatic heterocycles. The van der Waals surface area contributed by atoms with Crippen LogP contribution in [-0.4, -0.2) is 38.3 Å². The van der Waals surface area contributed by atoms with Gasteiger partial charge < -0.3 is 15.4 Å². The van der Waals surface area contributed by atoms with Crippen LogP contribution in [0.4, 0.5) is 0 Å². The second-order valence-corrected chi connectivity index (χ2v) is 3.64. The van der Waals surface area contributed by atoms with E-state index in [9.17, 15) is 4.79 Å². The van der Waals surface area contributed by atoms with Gasteiger partial charge in [-0.2, -0.15) is 5.26 Å². The van der Waals surface area contributed by atoms with E-state index in [-0.39, 0.29) is 18.0 Å². The third-order valence-electron chi connectivity index (χ3n) is 2.31. The normalized spacial score (nSPS) is 13.9. The fourth-order valence-corrected chi connectivity index (χ4v) is 1.29. The molecule has 0 aromatic rings. The Balaban J connectivity index is 3.89. The molecule has 92 valence electrons. The molecule has 0 spiro atoms. The van der Waals surface area contributed by atoms with Gasteiger partial charge in [-0.15, -0.1) is 0 Å². The highest BCUT2D eigenvalue weighted by molar-refractivity contribution is 5.81. The fraction of sp³-hybridized carbons (Fsp3) is 0.818. The maximum absolute atomic E-state index is 11.6. The number of nitrogens with zero attached hydrogens (tertiary/aromatic N) is 1. The van der Waals surface area contributed by atoms with Crippen LogP contribution in [-0.2, 0) is 9.53 Å². The first-order chi connectivity index (χ1) is 7.65. The summed E-state index contributed by atoms with van der Waals surface area (Å²) in [5.74, 6) is -0.0616. The van der Waals surface area contributed by atoms with Gasteiger partial charge in [0.2, 0.25) is 5.91 Å². The van der Waals surface area contributed by atoms with Crippen molar-refractivity contribution in [3.63, 3.8) is 0 Å². The Morgan fingerprint density at radius 2 is 2.25 bits per heavy atom. The number of nitriles is 1. The Morgan fingerprint density at radius 3 is 2.75 bits per heavy atom. The van der Waals surface area contributed by atoms with Crippen LogP contribution in [0.5, 0.6) is 0 Å². The number of hydrogen-bond donors (Lipinski definition) is 2. The average molecular weight is 227 g/mol. The Labute approximate surface area is 97.2 Å². The highest BCUT2D eigenvalue weighted by Crippen LogP contribution is 1.98. The van der Waals surface area contributed by atoms with Crippen molar-refractivity contribution in [1.29, 1.82) is 5.26 Å². The number of amides is 1. The highest BCUT2D eigenvalue weighted by atomic mass is 16.5. The Kier molecular flexibility index (Phi) is 8.49. The summed E-state index contributed by atoms with van der Waals surface area (Å²) in [6.07, 6.45) is 1.26. The molecule has 0 radical (unpaired) electrons. The molecular formula is C11H21N3O2. The third-order valence-corrected chi connectivity index (χ3v) is 2.31. The summed E-state index contributed by atoms with van der Waals surface area (Å²) in [6, 6.07) is 1.90. The molecule has 0 rings (SSSR count). The summed E-state index contributed by atoms with van der Waals surface area (Å²) in [7, 11) is 1.59. The van der Waals surface area contributed by atoms with Crippen LogP contribution in [0.3, 0.4) is 0 Å². The maximum atomic E-state index is 11.6. The van der Waals surface area contributed by atoms with E-state index in [0.29, 0.717) is 19.6 Å². The minimum atomic E-state index is -0.282. The maximum Gasteiger partial charge on any atom is 0.236 e. The molecule has 16 heavy (non-hydrogen) atoms.